The van der Waals surface area contributed by atoms with Crippen LogP contribution in [0.25, 0.3) is 0 Å². The van der Waals surface area contributed by atoms with E-state index in [1.165, 1.54) is 14.2 Å². The lowest BCUT2D eigenvalue weighted by molar-refractivity contribution is -0.141. The van der Waals surface area contributed by atoms with Gasteiger partial charge in [-0.05, 0) is 66.9 Å². The van der Waals surface area contributed by atoms with E-state index in [4.69, 9.17) is 29.4 Å². The maximum Gasteiger partial charge on any atom is 0.310 e. The molecule has 2 aromatic carbocycles. The number of nitrogens with one attached hydrogen (secondary N) is 2. The fourth-order valence-electron chi connectivity index (χ4n) is 5.79. The van der Waals surface area contributed by atoms with Gasteiger partial charge in [-0.15, -0.1) is 0 Å². The quantitative estimate of drug-likeness (QED) is 0.212. The van der Waals surface area contributed by atoms with Crippen molar-refractivity contribution in [3.05, 3.63) is 41.0 Å². The number of unbranched alkanes of at least 4 members (excludes halogenated alkanes) is 1. The monoisotopic (exact) mass is 577 g/mol. The molecular weight excluding hydrogens is 542 g/mol. The SMILES string of the molecule is COc1cc(C2c3cc4c(cc3[C@@H](NS(=O)(=O)CCNCCCCN)[C@H]3COC(=O)[C@H]23)OCO4)cc(OC)c1O. The fraction of sp³-hybridized carbons (Fsp3) is 0.519. The fourth-order valence-corrected chi connectivity index (χ4v) is 7.00. The Bertz CT molecular complexity index is 1340. The number of rotatable bonds is 12. The molecular formula is C27H35N3O9S. The van der Waals surface area contributed by atoms with E-state index in [1.54, 1.807) is 24.3 Å². The number of sulfonamides is 1. The minimum Gasteiger partial charge on any atom is -0.502 e. The number of benzene rings is 2. The molecule has 5 rings (SSSR count). The van der Waals surface area contributed by atoms with Crippen molar-refractivity contribution in [2.75, 3.05) is 53.0 Å². The van der Waals surface area contributed by atoms with Crippen LogP contribution < -0.4 is 34.7 Å². The van der Waals surface area contributed by atoms with Gasteiger partial charge >= 0.3 is 5.97 Å². The molecule has 2 heterocycles. The minimum atomic E-state index is -3.75. The molecule has 3 aliphatic rings. The van der Waals surface area contributed by atoms with Crippen LogP contribution in [0.1, 0.15) is 41.5 Å². The highest BCUT2D eigenvalue weighted by Gasteiger charge is 2.53. The first kappa shape index (κ1) is 28.3. The van der Waals surface area contributed by atoms with Crippen molar-refractivity contribution in [2.45, 2.75) is 24.8 Å². The average molecular weight is 578 g/mol. The van der Waals surface area contributed by atoms with Crippen LogP contribution in [0.15, 0.2) is 24.3 Å². The third kappa shape index (κ3) is 5.38. The lowest BCUT2D eigenvalue weighted by Gasteiger charge is -2.39. The van der Waals surface area contributed by atoms with Crippen LogP contribution in [0.5, 0.6) is 28.7 Å². The van der Waals surface area contributed by atoms with Gasteiger partial charge in [0.25, 0.3) is 0 Å². The predicted octanol–water partition coefficient (Wildman–Crippen LogP) is 1.36. The van der Waals surface area contributed by atoms with Gasteiger partial charge in [-0.25, -0.2) is 13.1 Å². The van der Waals surface area contributed by atoms with Crippen molar-refractivity contribution in [2.24, 2.45) is 17.6 Å². The Morgan fingerprint density at radius 2 is 1.68 bits per heavy atom. The molecule has 5 N–H and O–H groups in total. The van der Waals surface area contributed by atoms with Gasteiger partial charge in [0.2, 0.25) is 22.6 Å². The molecule has 0 aromatic heterocycles. The van der Waals surface area contributed by atoms with Gasteiger partial charge in [0.1, 0.15) is 0 Å². The average Bonchev–Trinajstić information content (AvgIpc) is 3.56. The highest BCUT2D eigenvalue weighted by atomic mass is 32.2. The number of esters is 1. The number of phenols is 1. The number of carbonyl (C=O) groups excluding carboxylic acids is 1. The predicted molar refractivity (Wildman–Crippen MR) is 144 cm³/mol. The molecule has 13 heteroatoms. The molecule has 1 unspecified atom stereocenters. The van der Waals surface area contributed by atoms with E-state index in [9.17, 15) is 18.3 Å². The third-order valence-corrected chi connectivity index (χ3v) is 9.06. The Balaban J connectivity index is 1.54. The van der Waals surface area contributed by atoms with E-state index in [1.807, 2.05) is 0 Å². The molecule has 0 radical (unpaired) electrons. The van der Waals surface area contributed by atoms with E-state index in [-0.39, 0.29) is 42.9 Å². The molecule has 40 heavy (non-hydrogen) atoms. The number of fused-ring (bicyclic) bond motifs is 3. The molecule has 4 atom stereocenters. The molecule has 1 aliphatic carbocycles. The Morgan fingerprint density at radius 1 is 1.00 bits per heavy atom. The Hall–Kier alpha value is -3.26. The van der Waals surface area contributed by atoms with Crippen LogP contribution in [0.2, 0.25) is 0 Å². The normalized spacial score (nSPS) is 22.9. The van der Waals surface area contributed by atoms with Crippen molar-refractivity contribution < 1.29 is 42.0 Å². The summed E-state index contributed by atoms with van der Waals surface area (Å²) < 4.78 is 56.9. The summed E-state index contributed by atoms with van der Waals surface area (Å²) in [5.74, 6) is -1.15. The van der Waals surface area contributed by atoms with Gasteiger partial charge in [-0.2, -0.15) is 0 Å². The lowest BCUT2D eigenvalue weighted by atomic mass is 9.65. The van der Waals surface area contributed by atoms with E-state index < -0.39 is 39.8 Å². The summed E-state index contributed by atoms with van der Waals surface area (Å²) in [6, 6.07) is 6.13. The second-order valence-electron chi connectivity index (χ2n) is 10.1. The standard InChI is InChI=1S/C27H35N3O9S/c1-35-21-9-15(10-22(36-2)26(21)31)23-16-11-19-20(39-14-38-19)12-17(16)25(18-13-37-27(32)24(18)23)30-40(33,34)8-7-29-6-4-3-5-28/h9-12,18,23-25,29-31H,3-8,13-14,28H2,1-2H3/t18-,23?,24-,25+/m0/s1. The zero-order valence-electron chi connectivity index (χ0n) is 22.5. The molecule has 12 nitrogen and oxygen atoms in total. The van der Waals surface area contributed by atoms with Crippen LogP contribution in [-0.4, -0.2) is 72.5 Å². The highest BCUT2D eigenvalue weighted by Crippen LogP contribution is 2.55. The van der Waals surface area contributed by atoms with Crippen LogP contribution in [-0.2, 0) is 19.6 Å². The number of cyclic esters (lactones) is 1. The number of ether oxygens (including phenoxy) is 5. The second-order valence-corrected chi connectivity index (χ2v) is 11.9. The maximum absolute atomic E-state index is 13.2. The van der Waals surface area contributed by atoms with Crippen molar-refractivity contribution in [3.63, 3.8) is 0 Å². The Labute approximate surface area is 233 Å². The molecule has 0 amide bonds. The highest BCUT2D eigenvalue weighted by molar-refractivity contribution is 7.89. The minimum absolute atomic E-state index is 0.0326. The van der Waals surface area contributed by atoms with Crippen molar-refractivity contribution in [3.8, 4) is 28.7 Å². The van der Waals surface area contributed by atoms with Gasteiger partial charge < -0.3 is 39.8 Å². The van der Waals surface area contributed by atoms with Gasteiger partial charge in [0, 0.05) is 18.4 Å². The molecule has 0 saturated carbocycles. The van der Waals surface area contributed by atoms with Crippen LogP contribution >= 0.6 is 0 Å². The largest absolute Gasteiger partial charge is 0.502 e. The summed E-state index contributed by atoms with van der Waals surface area (Å²) in [4.78, 5) is 13.2. The molecule has 2 aromatic rings. The summed E-state index contributed by atoms with van der Waals surface area (Å²) in [6.07, 6.45) is 1.73. The summed E-state index contributed by atoms with van der Waals surface area (Å²) in [5, 5.41) is 13.6. The van der Waals surface area contributed by atoms with Gasteiger partial charge in [-0.1, -0.05) is 0 Å². The van der Waals surface area contributed by atoms with Gasteiger partial charge in [-0.3, -0.25) is 4.79 Å². The number of hydrogen-bond acceptors (Lipinski definition) is 11. The van der Waals surface area contributed by atoms with Crippen molar-refractivity contribution in [1.29, 1.82) is 0 Å². The van der Waals surface area contributed by atoms with E-state index in [0.717, 1.165) is 12.8 Å². The molecule has 1 fully saturated rings. The first-order valence-electron chi connectivity index (χ1n) is 13.2. The van der Waals surface area contributed by atoms with E-state index in [0.29, 0.717) is 41.3 Å². The number of nitrogens with two attached hydrogens (primary N) is 1. The summed E-state index contributed by atoms with van der Waals surface area (Å²) >= 11 is 0. The molecule has 0 spiro atoms. The number of phenolic OH excluding ortho intramolecular Hbond substituents is 1. The van der Waals surface area contributed by atoms with E-state index in [2.05, 4.69) is 10.0 Å². The summed E-state index contributed by atoms with van der Waals surface area (Å²) in [5.41, 5.74) is 7.51. The number of hydrogen-bond donors (Lipinski definition) is 4. The zero-order valence-corrected chi connectivity index (χ0v) is 23.3. The third-order valence-electron chi connectivity index (χ3n) is 7.71. The van der Waals surface area contributed by atoms with Crippen molar-refractivity contribution >= 4 is 16.0 Å². The van der Waals surface area contributed by atoms with E-state index >= 15 is 0 Å². The molecule has 218 valence electrons. The first-order chi connectivity index (χ1) is 19.3. The number of methoxy groups -OCH3 is 2. The summed E-state index contributed by atoms with van der Waals surface area (Å²) in [6.45, 7) is 1.63. The van der Waals surface area contributed by atoms with Gasteiger partial charge in [0.15, 0.2) is 23.0 Å². The van der Waals surface area contributed by atoms with Crippen LogP contribution in [0.4, 0.5) is 0 Å². The maximum atomic E-state index is 13.2. The van der Waals surface area contributed by atoms with Crippen LogP contribution in [0.3, 0.4) is 0 Å². The topological polar surface area (TPSA) is 168 Å². The number of carbonyl (C=O) groups is 1. The molecule has 1 saturated heterocycles. The van der Waals surface area contributed by atoms with Crippen molar-refractivity contribution in [1.82, 2.24) is 10.0 Å². The van der Waals surface area contributed by atoms with Gasteiger partial charge in [0.05, 0.1) is 38.5 Å². The lowest BCUT2D eigenvalue weighted by Crippen LogP contribution is -2.44. The van der Waals surface area contributed by atoms with Crippen LogP contribution in [0, 0.1) is 11.8 Å². The second kappa shape index (κ2) is 11.7. The smallest absolute Gasteiger partial charge is 0.310 e. The number of aromatic hydroxyl groups is 1. The molecule has 2 aliphatic heterocycles. The summed E-state index contributed by atoms with van der Waals surface area (Å²) in [7, 11) is -0.893. The first-order valence-corrected chi connectivity index (χ1v) is 14.9. The molecule has 0 bridgehead atoms. The Morgan fingerprint density at radius 3 is 2.33 bits per heavy atom. The zero-order chi connectivity index (χ0) is 28.4. The Kier molecular flexibility index (Phi) is 8.26.